The smallest absolute Gasteiger partial charge is 0.264 e. The topological polar surface area (TPSA) is 179 Å². The van der Waals surface area contributed by atoms with E-state index >= 15 is 0 Å². The molecule has 2 aliphatic rings. The van der Waals surface area contributed by atoms with Crippen LogP contribution in [0.4, 0.5) is 5.69 Å². The van der Waals surface area contributed by atoms with Gasteiger partial charge in [0, 0.05) is 25.8 Å². The minimum absolute atomic E-state index is 0.0682. The van der Waals surface area contributed by atoms with Gasteiger partial charge in [-0.2, -0.15) is 0 Å². The van der Waals surface area contributed by atoms with Crippen LogP contribution in [0.5, 0.6) is 0 Å². The second-order valence-corrected chi connectivity index (χ2v) is 10.5. The van der Waals surface area contributed by atoms with Gasteiger partial charge in [0.25, 0.3) is 11.8 Å². The molecule has 16 nitrogen and oxygen atoms in total. The van der Waals surface area contributed by atoms with Crippen molar-refractivity contribution < 1.29 is 61.8 Å². The number of hydrogen-bond donors (Lipinski definition) is 2. The highest BCUT2D eigenvalue weighted by Crippen LogP contribution is 2.32. The number of anilines is 1. The average Bonchev–Trinajstić information content (AvgIpc) is 3.33. The summed E-state index contributed by atoms with van der Waals surface area (Å²) in [6, 6.07) is 3.91. The highest BCUT2D eigenvalue weighted by Gasteiger charge is 2.45. The van der Waals surface area contributed by atoms with Crippen LogP contribution in [0.1, 0.15) is 33.6 Å². The summed E-state index contributed by atoms with van der Waals surface area (Å²) in [6.45, 7) is 8.45. The Morgan fingerprint density at radius 2 is 1.10 bits per heavy atom. The number of rotatable bonds is 29. The van der Waals surface area contributed by atoms with E-state index in [4.69, 9.17) is 42.6 Å². The molecule has 16 heteroatoms. The molecule has 2 heterocycles. The van der Waals surface area contributed by atoms with Crippen LogP contribution in [0.15, 0.2) is 18.2 Å². The molecule has 270 valence electrons. The molecule has 0 aliphatic carbocycles. The van der Waals surface area contributed by atoms with E-state index in [-0.39, 0.29) is 24.0 Å². The number of carbonyl (C=O) groups excluding carboxylic acids is 4. The van der Waals surface area contributed by atoms with Gasteiger partial charge in [-0.05, 0) is 18.6 Å². The molecule has 1 saturated heterocycles. The van der Waals surface area contributed by atoms with Gasteiger partial charge in [0.1, 0.15) is 6.04 Å². The number of imide groups is 2. The van der Waals surface area contributed by atoms with Gasteiger partial charge in [0.2, 0.25) is 11.8 Å². The summed E-state index contributed by atoms with van der Waals surface area (Å²) in [5, 5.41) is 5.33. The number of benzene rings is 1. The Hall–Kier alpha value is -3.06. The van der Waals surface area contributed by atoms with Crippen molar-refractivity contribution in [3.8, 4) is 0 Å². The number of methoxy groups -OCH3 is 1. The Balaban J connectivity index is 1.08. The minimum atomic E-state index is -1.01. The van der Waals surface area contributed by atoms with Crippen molar-refractivity contribution in [2.24, 2.45) is 0 Å². The maximum absolute atomic E-state index is 13.1. The van der Waals surface area contributed by atoms with Gasteiger partial charge < -0.3 is 47.9 Å². The fourth-order valence-corrected chi connectivity index (χ4v) is 4.70. The van der Waals surface area contributed by atoms with Crippen LogP contribution < -0.4 is 10.6 Å². The first-order valence-electron chi connectivity index (χ1n) is 16.2. The largest absolute Gasteiger partial charge is 0.382 e. The summed E-state index contributed by atoms with van der Waals surface area (Å²) in [5.41, 5.74) is 0.914. The van der Waals surface area contributed by atoms with Gasteiger partial charge >= 0.3 is 0 Å². The van der Waals surface area contributed by atoms with Gasteiger partial charge in [-0.15, -0.1) is 0 Å². The molecule has 4 amide bonds. The molecule has 0 aromatic heterocycles. The van der Waals surface area contributed by atoms with Crippen LogP contribution in [0.25, 0.3) is 0 Å². The van der Waals surface area contributed by atoms with Crippen LogP contribution in [0, 0.1) is 0 Å². The molecule has 3 rings (SSSR count). The van der Waals surface area contributed by atoms with Crippen molar-refractivity contribution in [3.05, 3.63) is 29.3 Å². The second kappa shape index (κ2) is 24.1. The highest BCUT2D eigenvalue weighted by atomic mass is 16.6. The van der Waals surface area contributed by atoms with Crippen molar-refractivity contribution in [2.45, 2.75) is 18.9 Å². The van der Waals surface area contributed by atoms with Gasteiger partial charge in [0.05, 0.1) is 123 Å². The maximum atomic E-state index is 13.1. The van der Waals surface area contributed by atoms with E-state index in [0.717, 1.165) is 4.90 Å². The number of nitrogens with one attached hydrogen (secondary N) is 2. The molecule has 2 N–H and O–H groups in total. The molecule has 0 spiro atoms. The zero-order valence-electron chi connectivity index (χ0n) is 27.7. The highest BCUT2D eigenvalue weighted by molar-refractivity contribution is 6.25. The third-order valence-electron chi connectivity index (χ3n) is 7.07. The Kier molecular flexibility index (Phi) is 19.8. The Morgan fingerprint density at radius 1 is 0.646 bits per heavy atom. The number of hydrogen-bond acceptors (Lipinski definition) is 14. The molecule has 1 aromatic rings. The van der Waals surface area contributed by atoms with Crippen molar-refractivity contribution >= 4 is 29.3 Å². The maximum Gasteiger partial charge on any atom is 0.264 e. The van der Waals surface area contributed by atoms with Gasteiger partial charge in [0.15, 0.2) is 0 Å². The lowest BCUT2D eigenvalue weighted by Crippen LogP contribution is -2.54. The first-order chi connectivity index (χ1) is 23.5. The lowest BCUT2D eigenvalue weighted by atomic mass is 10.0. The lowest BCUT2D eigenvalue weighted by molar-refractivity contribution is -0.136. The summed E-state index contributed by atoms with van der Waals surface area (Å²) in [4.78, 5) is 50.8. The van der Waals surface area contributed by atoms with Gasteiger partial charge in [-0.1, -0.05) is 6.07 Å². The predicted octanol–water partition coefficient (Wildman–Crippen LogP) is 0.279. The van der Waals surface area contributed by atoms with Crippen LogP contribution in [0.2, 0.25) is 0 Å². The standard InChI is InChI=1S/C32H49N3O13/c1-40-9-10-42-13-14-44-17-18-46-21-22-48-24-23-47-20-19-45-16-15-43-12-11-41-8-7-33-26-4-2-3-25-29(26)32(39)35(31(25)38)27-5-6-28(36)34-30(27)37/h2-4,27,33H,5-24H2,1H3,(H,34,36,37). The van der Waals surface area contributed by atoms with Gasteiger partial charge in [-0.25, -0.2) is 0 Å². The zero-order valence-corrected chi connectivity index (χ0v) is 27.7. The lowest BCUT2D eigenvalue weighted by Gasteiger charge is -2.27. The summed E-state index contributed by atoms with van der Waals surface area (Å²) in [6.07, 6.45) is 0.174. The third kappa shape index (κ3) is 14.2. The molecule has 0 radical (unpaired) electrons. The van der Waals surface area contributed by atoms with E-state index < -0.39 is 29.7 Å². The first-order valence-corrected chi connectivity index (χ1v) is 16.2. The van der Waals surface area contributed by atoms with Crippen LogP contribution >= 0.6 is 0 Å². The Bertz CT molecular complexity index is 1120. The fourth-order valence-electron chi connectivity index (χ4n) is 4.70. The molecule has 2 aliphatic heterocycles. The van der Waals surface area contributed by atoms with E-state index in [1.54, 1.807) is 25.3 Å². The van der Waals surface area contributed by atoms with Crippen LogP contribution in [0.3, 0.4) is 0 Å². The molecular weight excluding hydrogens is 634 g/mol. The molecule has 1 unspecified atom stereocenters. The molecule has 1 atom stereocenters. The first kappa shape index (κ1) is 39.4. The van der Waals surface area contributed by atoms with E-state index in [2.05, 4.69) is 10.6 Å². The molecule has 0 bridgehead atoms. The van der Waals surface area contributed by atoms with E-state index in [9.17, 15) is 19.2 Å². The predicted molar refractivity (Wildman–Crippen MR) is 170 cm³/mol. The van der Waals surface area contributed by atoms with Crippen molar-refractivity contribution in [1.29, 1.82) is 0 Å². The fraction of sp³-hybridized carbons (Fsp3) is 0.688. The number of carbonyl (C=O) groups is 4. The quantitative estimate of drug-likeness (QED) is 0.0869. The third-order valence-corrected chi connectivity index (χ3v) is 7.07. The second-order valence-electron chi connectivity index (χ2n) is 10.5. The number of piperidine rings is 1. The van der Waals surface area contributed by atoms with E-state index in [0.29, 0.717) is 125 Å². The molecule has 1 aromatic carbocycles. The number of fused-ring (bicyclic) bond motifs is 1. The zero-order chi connectivity index (χ0) is 34.2. The summed E-state index contributed by atoms with van der Waals surface area (Å²) in [5.74, 6) is -2.16. The van der Waals surface area contributed by atoms with Crippen LogP contribution in [-0.4, -0.2) is 161 Å². The van der Waals surface area contributed by atoms with Crippen molar-refractivity contribution in [3.63, 3.8) is 0 Å². The van der Waals surface area contributed by atoms with Crippen LogP contribution in [-0.2, 0) is 52.2 Å². The van der Waals surface area contributed by atoms with Crippen molar-refractivity contribution in [2.75, 3.05) is 131 Å². The number of ether oxygens (including phenoxy) is 9. The number of nitrogens with zero attached hydrogens (tertiary/aromatic N) is 1. The molecular formula is C32H49N3O13. The summed E-state index contributed by atoms with van der Waals surface area (Å²) >= 11 is 0. The monoisotopic (exact) mass is 683 g/mol. The van der Waals surface area contributed by atoms with E-state index in [1.807, 2.05) is 0 Å². The van der Waals surface area contributed by atoms with Crippen molar-refractivity contribution in [1.82, 2.24) is 10.2 Å². The average molecular weight is 684 g/mol. The Morgan fingerprint density at radius 3 is 1.56 bits per heavy atom. The molecule has 1 fully saturated rings. The summed E-state index contributed by atoms with van der Waals surface area (Å²) in [7, 11) is 1.63. The van der Waals surface area contributed by atoms with Gasteiger partial charge in [-0.3, -0.25) is 29.4 Å². The SMILES string of the molecule is COCCOCCOCCOCCOCCOCCOCCOCCOCCNc1cccc2c1C(=O)N(C1CCC(=O)NC1=O)C2=O. The minimum Gasteiger partial charge on any atom is -0.382 e. The molecule has 48 heavy (non-hydrogen) atoms. The molecule has 0 saturated carbocycles. The van der Waals surface area contributed by atoms with E-state index in [1.165, 1.54) is 0 Å². The Labute approximate surface area is 280 Å². The number of amides is 4. The normalized spacial score (nSPS) is 16.1. The summed E-state index contributed by atoms with van der Waals surface area (Å²) < 4.78 is 48.5.